The van der Waals surface area contributed by atoms with Gasteiger partial charge >= 0.3 is 0 Å². The van der Waals surface area contributed by atoms with Gasteiger partial charge in [-0.2, -0.15) is 0 Å². The summed E-state index contributed by atoms with van der Waals surface area (Å²) in [5.41, 5.74) is 0.789. The summed E-state index contributed by atoms with van der Waals surface area (Å²) >= 11 is 1.30. The van der Waals surface area contributed by atoms with Gasteiger partial charge in [-0.3, -0.25) is 9.59 Å². The van der Waals surface area contributed by atoms with E-state index >= 15 is 0 Å². The van der Waals surface area contributed by atoms with Crippen LogP contribution in [0.1, 0.15) is 24.3 Å². The minimum absolute atomic E-state index is 0.0336. The molecule has 1 aromatic carbocycles. The Hall–Kier alpha value is -1.53. The molecule has 0 amide bonds. The van der Waals surface area contributed by atoms with Gasteiger partial charge in [0.15, 0.2) is 22.2 Å². The van der Waals surface area contributed by atoms with E-state index in [1.54, 1.807) is 26.4 Å². The fraction of sp³-hybridized carbons (Fsp3) is 0.467. The first-order valence-corrected chi connectivity index (χ1v) is 7.45. The summed E-state index contributed by atoms with van der Waals surface area (Å²) in [5, 5.41) is 0. The summed E-state index contributed by atoms with van der Waals surface area (Å²) < 4.78 is 16.1. The molecule has 0 saturated heterocycles. The quantitative estimate of drug-likeness (QED) is 0.853. The largest absolute Gasteiger partial charge is 0.493 e. The van der Waals surface area contributed by atoms with Crippen molar-refractivity contribution in [3.8, 4) is 11.5 Å². The molecule has 112 valence electrons. The van der Waals surface area contributed by atoms with E-state index < -0.39 is 10.9 Å². The number of benzene rings is 1. The maximum Gasteiger partial charge on any atom is 0.189 e. The second kappa shape index (κ2) is 5.03. The van der Waals surface area contributed by atoms with E-state index in [1.165, 1.54) is 18.9 Å². The Morgan fingerprint density at radius 1 is 1.10 bits per heavy atom. The third-order valence-electron chi connectivity index (χ3n) is 4.08. The molecule has 5 nitrogen and oxygen atoms in total. The number of ether oxygens (including phenoxy) is 3. The van der Waals surface area contributed by atoms with Crippen molar-refractivity contribution in [2.45, 2.75) is 28.6 Å². The summed E-state index contributed by atoms with van der Waals surface area (Å²) in [4.78, 5) is 24.5. The molecule has 2 unspecified atom stereocenters. The number of hydrogen-bond acceptors (Lipinski definition) is 6. The van der Waals surface area contributed by atoms with Crippen molar-refractivity contribution >= 4 is 23.3 Å². The Morgan fingerprint density at radius 2 is 1.76 bits per heavy atom. The second-order valence-corrected chi connectivity index (χ2v) is 6.29. The molecule has 21 heavy (non-hydrogen) atoms. The number of carbonyl (C=O) groups excluding carboxylic acids is 2. The van der Waals surface area contributed by atoms with E-state index in [0.29, 0.717) is 11.5 Å². The summed E-state index contributed by atoms with van der Waals surface area (Å²) in [7, 11) is 4.58. The summed E-state index contributed by atoms with van der Waals surface area (Å²) in [6.07, 6.45) is 0.501. The molecule has 6 heteroatoms. The molecule has 1 aromatic rings. The van der Waals surface area contributed by atoms with Crippen molar-refractivity contribution in [1.29, 1.82) is 0 Å². The van der Waals surface area contributed by atoms with Crippen molar-refractivity contribution in [3.05, 3.63) is 17.7 Å². The van der Waals surface area contributed by atoms with Crippen LogP contribution in [0.3, 0.4) is 0 Å². The highest BCUT2D eigenvalue weighted by Gasteiger charge is 2.58. The van der Waals surface area contributed by atoms with Crippen LogP contribution in [0.15, 0.2) is 17.0 Å². The van der Waals surface area contributed by atoms with Crippen LogP contribution in [0.25, 0.3) is 0 Å². The van der Waals surface area contributed by atoms with Crippen molar-refractivity contribution in [2.24, 2.45) is 0 Å². The SMILES string of the molecule is COc1cc2c(cc1OC)C1C(=O)CCC(=O)C1(OC)S2. The van der Waals surface area contributed by atoms with Crippen molar-refractivity contribution in [3.63, 3.8) is 0 Å². The monoisotopic (exact) mass is 308 g/mol. The lowest BCUT2D eigenvalue weighted by molar-refractivity contribution is -0.144. The zero-order valence-corrected chi connectivity index (χ0v) is 12.9. The van der Waals surface area contributed by atoms with Crippen LogP contribution in [-0.4, -0.2) is 37.8 Å². The van der Waals surface area contributed by atoms with Crippen LogP contribution in [0.4, 0.5) is 0 Å². The van der Waals surface area contributed by atoms with Gasteiger partial charge in [0.05, 0.1) is 20.1 Å². The van der Waals surface area contributed by atoms with Crippen LogP contribution in [0.2, 0.25) is 0 Å². The van der Waals surface area contributed by atoms with Gasteiger partial charge in [-0.25, -0.2) is 0 Å². The maximum absolute atomic E-state index is 12.4. The minimum Gasteiger partial charge on any atom is -0.493 e. The predicted octanol–water partition coefficient (Wildman–Crippen LogP) is 2.17. The normalized spacial score (nSPS) is 27.3. The maximum atomic E-state index is 12.4. The van der Waals surface area contributed by atoms with E-state index in [4.69, 9.17) is 14.2 Å². The first-order chi connectivity index (χ1) is 10.1. The summed E-state index contributed by atoms with van der Waals surface area (Å²) in [5.74, 6) is 0.565. The highest BCUT2D eigenvalue weighted by atomic mass is 32.2. The number of fused-ring (bicyclic) bond motifs is 3. The zero-order chi connectivity index (χ0) is 15.2. The van der Waals surface area contributed by atoms with Crippen LogP contribution >= 0.6 is 11.8 Å². The number of Topliss-reactive ketones (excluding diaryl/α,β-unsaturated/α-hetero) is 2. The van der Waals surface area contributed by atoms with Gasteiger partial charge in [0.25, 0.3) is 0 Å². The van der Waals surface area contributed by atoms with Crippen LogP contribution in [0.5, 0.6) is 11.5 Å². The highest BCUT2D eigenvalue weighted by Crippen LogP contribution is 2.58. The number of methoxy groups -OCH3 is 3. The lowest BCUT2D eigenvalue weighted by Crippen LogP contribution is -2.47. The van der Waals surface area contributed by atoms with E-state index in [2.05, 4.69) is 0 Å². The Balaban J connectivity index is 2.18. The average molecular weight is 308 g/mol. The molecule has 2 aliphatic rings. The molecule has 1 aliphatic heterocycles. The molecular formula is C15H16O5S. The van der Waals surface area contributed by atoms with Gasteiger partial charge < -0.3 is 14.2 Å². The second-order valence-electron chi connectivity index (χ2n) is 5.04. The number of carbonyl (C=O) groups is 2. The van der Waals surface area contributed by atoms with E-state index in [0.717, 1.165) is 10.5 Å². The minimum atomic E-state index is -1.13. The molecule has 0 radical (unpaired) electrons. The molecule has 0 bridgehead atoms. The first kappa shape index (κ1) is 14.4. The fourth-order valence-corrected chi connectivity index (χ4v) is 4.51. The van der Waals surface area contributed by atoms with E-state index in [9.17, 15) is 9.59 Å². The van der Waals surface area contributed by atoms with Crippen LogP contribution < -0.4 is 9.47 Å². The molecule has 2 atom stereocenters. The van der Waals surface area contributed by atoms with Crippen molar-refractivity contribution in [2.75, 3.05) is 21.3 Å². The van der Waals surface area contributed by atoms with Crippen molar-refractivity contribution in [1.82, 2.24) is 0 Å². The molecule has 0 N–H and O–H groups in total. The number of rotatable bonds is 3. The highest BCUT2D eigenvalue weighted by molar-refractivity contribution is 8.01. The number of hydrogen-bond donors (Lipinski definition) is 0. The molecule has 3 rings (SSSR count). The van der Waals surface area contributed by atoms with Gasteiger partial charge in [-0.05, 0) is 17.7 Å². The van der Waals surface area contributed by atoms with Gasteiger partial charge in [-0.15, -0.1) is 0 Å². The Morgan fingerprint density at radius 3 is 2.38 bits per heavy atom. The standard InChI is InChI=1S/C15H16O5S/c1-18-10-6-8-12(7-11(10)19-2)21-15(20-3)13(17)5-4-9(16)14(8)15/h6-7,14H,4-5H2,1-3H3. The zero-order valence-electron chi connectivity index (χ0n) is 12.1. The molecular weight excluding hydrogens is 292 g/mol. The lowest BCUT2D eigenvalue weighted by atomic mass is 9.79. The predicted molar refractivity (Wildman–Crippen MR) is 77.1 cm³/mol. The summed E-state index contributed by atoms with van der Waals surface area (Å²) in [6, 6.07) is 3.58. The molecule has 0 aromatic heterocycles. The van der Waals surface area contributed by atoms with Crippen molar-refractivity contribution < 1.29 is 23.8 Å². The fourth-order valence-electron chi connectivity index (χ4n) is 3.05. The van der Waals surface area contributed by atoms with Gasteiger partial charge in [0.2, 0.25) is 0 Å². The molecule has 1 fully saturated rings. The first-order valence-electron chi connectivity index (χ1n) is 6.63. The average Bonchev–Trinajstić information content (AvgIpc) is 2.85. The molecule has 1 aliphatic carbocycles. The van der Waals surface area contributed by atoms with Gasteiger partial charge in [0, 0.05) is 24.8 Å². The van der Waals surface area contributed by atoms with E-state index in [-0.39, 0.29) is 24.4 Å². The van der Waals surface area contributed by atoms with Gasteiger partial charge in [0.1, 0.15) is 5.78 Å². The Labute approximate surface area is 126 Å². The molecule has 1 heterocycles. The smallest absolute Gasteiger partial charge is 0.189 e. The van der Waals surface area contributed by atoms with Crippen LogP contribution in [0, 0.1) is 0 Å². The van der Waals surface area contributed by atoms with Crippen LogP contribution in [-0.2, 0) is 14.3 Å². The summed E-state index contributed by atoms with van der Waals surface area (Å²) in [6.45, 7) is 0. The molecule has 0 spiro atoms. The lowest BCUT2D eigenvalue weighted by Gasteiger charge is -2.34. The third-order valence-corrected chi connectivity index (χ3v) is 5.59. The number of ketones is 2. The van der Waals surface area contributed by atoms with E-state index in [1.807, 2.05) is 0 Å². The van der Waals surface area contributed by atoms with Gasteiger partial charge in [-0.1, -0.05) is 11.8 Å². The Bertz CT molecular complexity index is 627. The molecule has 1 saturated carbocycles. The third kappa shape index (κ3) is 1.89. The Kier molecular flexibility index (Phi) is 3.45. The number of thioether (sulfide) groups is 1. The topological polar surface area (TPSA) is 61.8 Å².